The summed E-state index contributed by atoms with van der Waals surface area (Å²) in [6.45, 7) is 0.266. The van der Waals surface area contributed by atoms with Crippen molar-refractivity contribution in [1.29, 1.82) is 0 Å². The third-order valence-electron chi connectivity index (χ3n) is 12.4. The number of sulfonamides is 1. The number of aromatic nitrogens is 2. The minimum Gasteiger partial charge on any atom is -0.351 e. The molecule has 0 saturated heterocycles. The molecule has 4 heterocycles. The predicted molar refractivity (Wildman–Crippen MR) is 264 cm³/mol. The highest BCUT2D eigenvalue weighted by Gasteiger charge is 2.39. The standard InChI is InChI=1S/C45H34Cl2N10O11S2/c46-17-23-19-54(39-15-37(56(61)62)31-13-27(69-68-67-48)3-5-29(31)41(23)39)43(58)35-11-21-9-25(1-7-33(21)52-35)50-45(60)51-26-2-8-34-22(10-26)12-36(53-34)44(59)55-20-24(18-47)42-30-6-4-28(70(49,65)66)14-32(30)38(57(63)64)16-40(42)55/h1-16,23-24,52-53H,17-20,48H2,(H2,49,65,66)(H2,50,51,60). The summed E-state index contributed by atoms with van der Waals surface area (Å²) in [7, 11) is -4.17. The van der Waals surface area contributed by atoms with Crippen molar-refractivity contribution in [2.24, 2.45) is 11.0 Å². The molecule has 0 spiro atoms. The van der Waals surface area contributed by atoms with Gasteiger partial charge in [0.25, 0.3) is 23.2 Å². The lowest BCUT2D eigenvalue weighted by Gasteiger charge is -2.17. The number of hydrogen-bond acceptors (Lipinski definition) is 13. The average molecular weight is 1030 g/mol. The van der Waals surface area contributed by atoms with E-state index in [1.54, 1.807) is 66.7 Å². The number of nitrogens with zero attached hydrogens (tertiary/aromatic N) is 4. The number of alkyl halides is 2. The van der Waals surface area contributed by atoms with Crippen molar-refractivity contribution in [2.45, 2.75) is 21.6 Å². The SMILES string of the molecule is NOOSc1ccc2c3c(cc([N+](=O)[O-])c2c1)N(C(=O)c1cc2cc(NC(=O)Nc4ccc5[nH]c(C(=O)N6CC(CCl)c7c6cc([N+](=O)[O-])c6cc(S(N)(=O)=O)ccc76)cc5c4)ccc2[nH]1)CC3CCl. The van der Waals surface area contributed by atoms with Gasteiger partial charge in [0.2, 0.25) is 10.0 Å². The summed E-state index contributed by atoms with van der Waals surface area (Å²) in [5.41, 5.74) is 3.53. The molecular formula is C45H34Cl2N10O11S2. The van der Waals surface area contributed by atoms with Crippen molar-refractivity contribution in [3.63, 3.8) is 0 Å². The third-order valence-corrected chi connectivity index (χ3v) is 14.6. The summed E-state index contributed by atoms with van der Waals surface area (Å²) in [6, 6.07) is 24.0. The molecule has 0 saturated carbocycles. The fraction of sp³-hybridized carbons (Fsp3) is 0.133. The zero-order valence-corrected chi connectivity index (χ0v) is 38.9. The van der Waals surface area contributed by atoms with Gasteiger partial charge in [0, 0.05) is 86.9 Å². The number of anilines is 4. The van der Waals surface area contributed by atoms with Gasteiger partial charge in [0.1, 0.15) is 11.4 Å². The molecule has 2 aliphatic rings. The fourth-order valence-electron chi connectivity index (χ4n) is 9.37. The highest BCUT2D eigenvalue weighted by atomic mass is 35.5. The van der Waals surface area contributed by atoms with Crippen molar-refractivity contribution >= 4 is 141 Å². The van der Waals surface area contributed by atoms with Crippen LogP contribution >= 0.6 is 35.2 Å². The van der Waals surface area contributed by atoms with E-state index in [-0.39, 0.29) is 63.8 Å². The lowest BCUT2D eigenvalue weighted by Crippen LogP contribution is -2.30. The van der Waals surface area contributed by atoms with E-state index in [1.165, 1.54) is 34.1 Å². The second kappa shape index (κ2) is 17.9. The van der Waals surface area contributed by atoms with Crippen LogP contribution in [0.1, 0.15) is 43.9 Å². The maximum atomic E-state index is 14.2. The van der Waals surface area contributed by atoms with Crippen LogP contribution in [0.3, 0.4) is 0 Å². The van der Waals surface area contributed by atoms with E-state index in [0.29, 0.717) is 71.0 Å². The molecule has 25 heteroatoms. The molecule has 0 radical (unpaired) electrons. The molecular weight excluding hydrogens is 992 g/mol. The molecule has 4 amide bonds. The van der Waals surface area contributed by atoms with Crippen LogP contribution < -0.4 is 31.5 Å². The Morgan fingerprint density at radius 2 is 1.19 bits per heavy atom. The van der Waals surface area contributed by atoms with E-state index >= 15 is 0 Å². The van der Waals surface area contributed by atoms with Crippen LogP contribution in [0.15, 0.2) is 107 Å². The van der Waals surface area contributed by atoms with E-state index in [1.807, 2.05) is 0 Å². The van der Waals surface area contributed by atoms with Crippen molar-refractivity contribution in [3.8, 4) is 0 Å². The zero-order chi connectivity index (χ0) is 49.3. The molecule has 2 atom stereocenters. The minimum atomic E-state index is -4.17. The molecule has 0 bridgehead atoms. The number of nitro benzene ring substituents is 2. The van der Waals surface area contributed by atoms with Gasteiger partial charge in [-0.05, 0) is 94.7 Å². The minimum absolute atomic E-state index is 0.0429. The quantitative estimate of drug-likeness (QED) is 0.0219. The average Bonchev–Trinajstić information content (AvgIpc) is 4.14. The molecule has 21 nitrogen and oxygen atoms in total. The third kappa shape index (κ3) is 8.16. The van der Waals surface area contributed by atoms with Crippen LogP contribution in [0.5, 0.6) is 0 Å². The van der Waals surface area contributed by atoms with Crippen LogP contribution in [0.4, 0.5) is 38.9 Å². The Kier molecular flexibility index (Phi) is 11.8. The normalized spacial score (nSPS) is 15.5. The maximum absolute atomic E-state index is 14.2. The highest BCUT2D eigenvalue weighted by molar-refractivity contribution is 7.94. The summed E-state index contributed by atoms with van der Waals surface area (Å²) in [5.74, 6) is 3.45. The Morgan fingerprint density at radius 1 is 0.700 bits per heavy atom. The summed E-state index contributed by atoms with van der Waals surface area (Å²) in [4.78, 5) is 78.5. The Hall–Kier alpha value is -7.35. The van der Waals surface area contributed by atoms with Gasteiger partial charge in [-0.3, -0.25) is 29.8 Å². The number of fused-ring (bicyclic) bond motifs is 8. The Labute approximate surface area is 408 Å². The molecule has 8 N–H and O–H groups in total. The van der Waals surface area contributed by atoms with Crippen molar-refractivity contribution in [2.75, 3.05) is 45.3 Å². The van der Waals surface area contributed by atoms with Crippen LogP contribution in [-0.4, -0.2) is 70.9 Å². The largest absolute Gasteiger partial charge is 0.351 e. The summed E-state index contributed by atoms with van der Waals surface area (Å²) >= 11 is 13.6. The molecule has 6 aromatic carbocycles. The number of rotatable bonds is 12. The van der Waals surface area contributed by atoms with Crippen LogP contribution in [-0.2, 0) is 19.3 Å². The Morgan fingerprint density at radius 3 is 1.64 bits per heavy atom. The van der Waals surface area contributed by atoms with E-state index in [0.717, 1.165) is 18.1 Å². The lowest BCUT2D eigenvalue weighted by molar-refractivity contribution is -0.383. The molecule has 10 rings (SSSR count). The van der Waals surface area contributed by atoms with Crippen LogP contribution in [0.2, 0.25) is 0 Å². The van der Waals surface area contributed by atoms with Crippen LogP contribution in [0.25, 0.3) is 43.4 Å². The van der Waals surface area contributed by atoms with Crippen molar-refractivity contribution < 1.29 is 42.0 Å². The maximum Gasteiger partial charge on any atom is 0.323 e. The first kappa shape index (κ1) is 46.4. The molecule has 70 heavy (non-hydrogen) atoms. The number of carbonyl (C=O) groups is 3. The topological polar surface area (TPSA) is 304 Å². The monoisotopic (exact) mass is 1020 g/mol. The zero-order valence-electron chi connectivity index (χ0n) is 35.7. The predicted octanol–water partition coefficient (Wildman–Crippen LogP) is 8.86. The van der Waals surface area contributed by atoms with Gasteiger partial charge in [-0.15, -0.1) is 32.5 Å². The highest BCUT2D eigenvalue weighted by Crippen LogP contribution is 2.48. The number of H-pyrrole nitrogens is 2. The number of non-ortho nitro benzene ring substituents is 2. The molecule has 8 aromatic rings. The second-order valence-corrected chi connectivity index (χ2v) is 19.4. The van der Waals surface area contributed by atoms with E-state index in [9.17, 15) is 43.0 Å². The second-order valence-electron chi connectivity index (χ2n) is 16.5. The number of urea groups is 1. The first-order valence-electron chi connectivity index (χ1n) is 20.9. The van der Waals surface area contributed by atoms with Crippen molar-refractivity contribution in [1.82, 2.24) is 9.97 Å². The van der Waals surface area contributed by atoms with Gasteiger partial charge < -0.3 is 30.4 Å². The van der Waals surface area contributed by atoms with Crippen molar-refractivity contribution in [3.05, 3.63) is 140 Å². The molecule has 0 fully saturated rings. The number of hydrogen-bond donors (Lipinski definition) is 6. The fourth-order valence-corrected chi connectivity index (χ4v) is 10.8. The Bertz CT molecular complexity index is 3700. The van der Waals surface area contributed by atoms with Gasteiger partial charge in [0.05, 0.1) is 48.9 Å². The first-order valence-corrected chi connectivity index (χ1v) is 24.2. The molecule has 2 aromatic heterocycles. The Balaban J connectivity index is 0.857. The molecule has 2 aliphatic heterocycles. The van der Waals surface area contributed by atoms with E-state index < -0.39 is 49.3 Å². The van der Waals surface area contributed by atoms with Gasteiger partial charge in [-0.2, -0.15) is 5.90 Å². The number of amides is 4. The number of nitrogens with one attached hydrogen (secondary N) is 4. The molecule has 0 aliphatic carbocycles. The first-order chi connectivity index (χ1) is 33.5. The number of halogens is 2. The number of aromatic amines is 2. The summed E-state index contributed by atoms with van der Waals surface area (Å²) < 4.78 is 28.9. The number of nitro groups is 2. The smallest absolute Gasteiger partial charge is 0.323 e. The summed E-state index contributed by atoms with van der Waals surface area (Å²) in [5, 5.41) is 37.9. The van der Waals surface area contributed by atoms with Gasteiger partial charge in [-0.1, -0.05) is 12.1 Å². The van der Waals surface area contributed by atoms with Gasteiger partial charge >= 0.3 is 6.03 Å². The number of benzene rings is 6. The van der Waals surface area contributed by atoms with E-state index in [2.05, 4.69) is 25.6 Å². The molecule has 356 valence electrons. The van der Waals surface area contributed by atoms with Crippen LogP contribution in [0, 0.1) is 20.2 Å². The number of carbonyl (C=O) groups excluding carboxylic acids is 3. The summed E-state index contributed by atoms with van der Waals surface area (Å²) in [6.07, 6.45) is 0. The number of nitrogens with two attached hydrogens (primary N) is 2. The van der Waals surface area contributed by atoms with Gasteiger partial charge in [0.15, 0.2) is 0 Å². The lowest BCUT2D eigenvalue weighted by atomic mass is 9.95. The van der Waals surface area contributed by atoms with Gasteiger partial charge in [-0.25, -0.2) is 18.4 Å². The molecule has 2 unspecified atom stereocenters. The number of primary sulfonamides is 1. The van der Waals surface area contributed by atoms with E-state index in [4.69, 9.17) is 38.6 Å².